The van der Waals surface area contributed by atoms with Gasteiger partial charge in [0.25, 0.3) is 0 Å². The zero-order valence-corrected chi connectivity index (χ0v) is 37.5. The molecule has 4 aliphatic rings. The van der Waals surface area contributed by atoms with Gasteiger partial charge in [-0.3, -0.25) is 0 Å². The van der Waals surface area contributed by atoms with Crippen molar-refractivity contribution in [3.63, 3.8) is 0 Å². The predicted molar refractivity (Wildman–Crippen MR) is 272 cm³/mol. The van der Waals surface area contributed by atoms with E-state index in [1.807, 2.05) is 12.1 Å². The quantitative estimate of drug-likeness (QED) is 0.176. The largest absolute Gasteiger partial charge is 0.324 e. The maximum Gasteiger partial charge on any atom is 0.137 e. The number of pyridine rings is 1. The molecule has 0 saturated carbocycles. The number of hydrogen-bond donors (Lipinski definition) is 0. The van der Waals surface area contributed by atoms with Gasteiger partial charge in [-0.2, -0.15) is 0 Å². The lowest BCUT2D eigenvalue weighted by molar-refractivity contribution is 0.648. The third-order valence-corrected chi connectivity index (χ3v) is 15.3. The van der Waals surface area contributed by atoms with Crippen LogP contribution in [0.3, 0.4) is 0 Å². The number of rotatable bonds is 4. The molecule has 0 bridgehead atoms. The number of imidazole rings is 1. The number of nitrogens with zero attached hydrogens (tertiary/aromatic N) is 3. The van der Waals surface area contributed by atoms with Gasteiger partial charge in [0.05, 0.1) is 5.69 Å². The van der Waals surface area contributed by atoms with Crippen molar-refractivity contribution in [1.82, 2.24) is 14.3 Å². The fourth-order valence-electron chi connectivity index (χ4n) is 11.7. The smallest absolute Gasteiger partial charge is 0.137 e. The first-order valence-electron chi connectivity index (χ1n) is 23.2. The molecule has 65 heavy (non-hydrogen) atoms. The highest BCUT2D eigenvalue weighted by Crippen LogP contribution is 2.60. The highest BCUT2D eigenvalue weighted by molar-refractivity contribution is 6.12. The molecule has 2 aliphatic carbocycles. The van der Waals surface area contributed by atoms with Crippen LogP contribution in [0.2, 0.25) is 0 Å². The van der Waals surface area contributed by atoms with Gasteiger partial charge < -0.3 is 9.30 Å². The molecule has 7 aromatic carbocycles. The van der Waals surface area contributed by atoms with E-state index in [2.05, 4.69) is 220 Å². The molecule has 0 spiro atoms. The summed E-state index contributed by atoms with van der Waals surface area (Å²) in [6.07, 6.45) is 18.5. The van der Waals surface area contributed by atoms with Gasteiger partial charge >= 0.3 is 0 Å². The van der Waals surface area contributed by atoms with E-state index in [1.165, 1.54) is 105 Å². The van der Waals surface area contributed by atoms with Crippen LogP contribution in [0.15, 0.2) is 194 Å². The summed E-state index contributed by atoms with van der Waals surface area (Å²) in [7, 11) is 0. The second-order valence-corrected chi connectivity index (χ2v) is 19.7. The van der Waals surface area contributed by atoms with Gasteiger partial charge in [0.15, 0.2) is 0 Å². The molecule has 0 amide bonds. The molecule has 3 nitrogen and oxygen atoms in total. The summed E-state index contributed by atoms with van der Waals surface area (Å²) < 4.78 is 2.08. The molecule has 4 heterocycles. The van der Waals surface area contributed by atoms with Crippen molar-refractivity contribution in [2.45, 2.75) is 51.9 Å². The molecule has 9 aromatic rings. The van der Waals surface area contributed by atoms with E-state index in [9.17, 15) is 0 Å². The number of aromatic nitrogens is 2. The Kier molecular flexibility index (Phi) is 8.04. The SMILES string of the molecule is CC1CC=C2C=CC=CN2C=C1c1ccc(-c2cc3c(c4ccccc24)-c2cc4c(cc2C3(C)C)-c2c(cc(-c3ccc(-c5cn6ccccc6n5)cc3)c3ccccc23)C4(C)C)cc1. The van der Waals surface area contributed by atoms with Crippen LogP contribution in [0.1, 0.15) is 68.9 Å². The average molecular weight is 836 g/mol. The average Bonchev–Trinajstić information content (AvgIpc) is 3.89. The highest BCUT2D eigenvalue weighted by Gasteiger charge is 2.43. The standard InChI is InChI=1S/C62H49N3/c1-38-20-29-43-14-10-12-30-64(43)36-52(38)41-23-21-39(22-24-41)48-32-55-59(46-17-8-6-15-44(46)48)50-34-54-51(35-53(50)61(55,2)3)60-47-18-9-7-16-45(47)49(33-56(60)62(54,4)5)40-25-27-42(28-26-40)57-37-65-31-13-11-19-58(65)63-57/h6-19,21-38H,20H2,1-5H3. The minimum absolute atomic E-state index is 0.203. The van der Waals surface area contributed by atoms with E-state index in [-0.39, 0.29) is 10.8 Å². The minimum atomic E-state index is -0.206. The molecule has 312 valence electrons. The van der Waals surface area contributed by atoms with Gasteiger partial charge in [-0.25, -0.2) is 4.98 Å². The van der Waals surface area contributed by atoms with Gasteiger partial charge in [0, 0.05) is 46.9 Å². The number of fused-ring (bicyclic) bond motifs is 12. The molecule has 0 N–H and O–H groups in total. The molecule has 0 saturated heterocycles. The normalized spacial score (nSPS) is 17.4. The molecule has 3 heteroatoms. The molecular weight excluding hydrogens is 787 g/mol. The van der Waals surface area contributed by atoms with E-state index in [0.29, 0.717) is 5.92 Å². The maximum atomic E-state index is 4.90. The van der Waals surface area contributed by atoms with Crippen LogP contribution in [0.5, 0.6) is 0 Å². The monoisotopic (exact) mass is 835 g/mol. The van der Waals surface area contributed by atoms with E-state index < -0.39 is 0 Å². The van der Waals surface area contributed by atoms with E-state index in [0.717, 1.165) is 23.3 Å². The zero-order valence-electron chi connectivity index (χ0n) is 37.5. The topological polar surface area (TPSA) is 20.5 Å². The first-order valence-corrected chi connectivity index (χ1v) is 23.2. The summed E-state index contributed by atoms with van der Waals surface area (Å²) in [5, 5.41) is 5.23. The molecule has 1 unspecified atom stereocenters. The number of allylic oxidation sites excluding steroid dienone is 5. The van der Waals surface area contributed by atoms with E-state index in [1.54, 1.807) is 0 Å². The summed E-state index contributed by atoms with van der Waals surface area (Å²) in [6, 6.07) is 52.8. The second-order valence-electron chi connectivity index (χ2n) is 19.7. The van der Waals surface area contributed by atoms with Crippen molar-refractivity contribution in [1.29, 1.82) is 0 Å². The lowest BCUT2D eigenvalue weighted by Gasteiger charge is -2.25. The Hall–Kier alpha value is -7.49. The van der Waals surface area contributed by atoms with Crippen molar-refractivity contribution in [3.05, 3.63) is 222 Å². The zero-order chi connectivity index (χ0) is 43.8. The Morgan fingerprint density at radius 2 is 1.06 bits per heavy atom. The van der Waals surface area contributed by atoms with Crippen molar-refractivity contribution in [2.24, 2.45) is 5.92 Å². The maximum absolute atomic E-state index is 4.90. The fourth-order valence-corrected chi connectivity index (χ4v) is 11.7. The van der Waals surface area contributed by atoms with E-state index in [4.69, 9.17) is 4.98 Å². The van der Waals surface area contributed by atoms with E-state index >= 15 is 0 Å². The third kappa shape index (κ3) is 5.58. The molecule has 1 atom stereocenters. The fraction of sp³-hybridized carbons (Fsp3) is 0.145. The molecule has 0 radical (unpaired) electrons. The Bertz CT molecular complexity index is 3590. The van der Waals surface area contributed by atoms with Crippen LogP contribution < -0.4 is 0 Å². The Balaban J connectivity index is 0.910. The number of hydrogen-bond acceptors (Lipinski definition) is 2. The van der Waals surface area contributed by atoms with Crippen LogP contribution in [-0.2, 0) is 10.8 Å². The van der Waals surface area contributed by atoms with Crippen LogP contribution >= 0.6 is 0 Å². The molecule has 0 fully saturated rings. The summed E-state index contributed by atoms with van der Waals surface area (Å²) in [4.78, 5) is 7.16. The van der Waals surface area contributed by atoms with Crippen LogP contribution in [-0.4, -0.2) is 14.3 Å². The second kappa shape index (κ2) is 13.8. The van der Waals surface area contributed by atoms with Crippen molar-refractivity contribution < 1.29 is 0 Å². The Morgan fingerprint density at radius 3 is 1.65 bits per heavy atom. The van der Waals surface area contributed by atoms with Crippen molar-refractivity contribution >= 4 is 32.8 Å². The van der Waals surface area contributed by atoms with Gasteiger partial charge in [-0.05, 0) is 160 Å². The summed E-state index contributed by atoms with van der Waals surface area (Å²) in [5.41, 5.74) is 22.7. The van der Waals surface area contributed by atoms with Gasteiger partial charge in [0.2, 0.25) is 0 Å². The minimum Gasteiger partial charge on any atom is -0.324 e. The molecular formula is C62H49N3. The Labute approximate surface area is 381 Å². The Morgan fingerprint density at radius 1 is 0.538 bits per heavy atom. The lowest BCUT2D eigenvalue weighted by Crippen LogP contribution is -2.17. The first-order chi connectivity index (χ1) is 31.6. The van der Waals surface area contributed by atoms with Crippen LogP contribution in [0, 0.1) is 5.92 Å². The van der Waals surface area contributed by atoms with Gasteiger partial charge in [-0.1, -0.05) is 150 Å². The first kappa shape index (κ1) is 38.0. The number of benzene rings is 7. The molecule has 2 aromatic heterocycles. The highest BCUT2D eigenvalue weighted by atomic mass is 15.1. The molecule has 13 rings (SSSR count). The summed E-state index contributed by atoms with van der Waals surface area (Å²) >= 11 is 0. The van der Waals surface area contributed by atoms with Crippen molar-refractivity contribution in [2.75, 3.05) is 0 Å². The molecule has 2 aliphatic heterocycles. The van der Waals surface area contributed by atoms with Gasteiger partial charge in [-0.15, -0.1) is 0 Å². The van der Waals surface area contributed by atoms with Crippen LogP contribution in [0.25, 0.3) is 88.5 Å². The predicted octanol–water partition coefficient (Wildman–Crippen LogP) is 15.9. The summed E-state index contributed by atoms with van der Waals surface area (Å²) in [6.45, 7) is 12.1. The van der Waals surface area contributed by atoms with Crippen LogP contribution in [0.4, 0.5) is 0 Å². The summed E-state index contributed by atoms with van der Waals surface area (Å²) in [5.74, 6) is 0.423. The lowest BCUT2D eigenvalue weighted by atomic mass is 9.78. The van der Waals surface area contributed by atoms with Gasteiger partial charge in [0.1, 0.15) is 5.65 Å². The van der Waals surface area contributed by atoms with Crippen molar-refractivity contribution in [3.8, 4) is 55.8 Å². The third-order valence-electron chi connectivity index (χ3n) is 15.3.